The van der Waals surface area contributed by atoms with Crippen molar-refractivity contribution in [3.8, 4) is 0 Å². The van der Waals surface area contributed by atoms with Gasteiger partial charge in [-0.2, -0.15) is 0 Å². The molecule has 0 unspecified atom stereocenters. The highest BCUT2D eigenvalue weighted by molar-refractivity contribution is 5.73. The van der Waals surface area contributed by atoms with Crippen LogP contribution in [-0.4, -0.2) is 19.9 Å². The van der Waals surface area contributed by atoms with Crippen LogP contribution in [0.2, 0.25) is 0 Å². The van der Waals surface area contributed by atoms with Crippen LogP contribution in [0.15, 0.2) is 24.3 Å². The van der Waals surface area contributed by atoms with Crippen molar-refractivity contribution in [3.05, 3.63) is 35.6 Å². The number of hydrogen-bond donors (Lipinski definition) is 2. The molecule has 0 saturated heterocycles. The van der Waals surface area contributed by atoms with Crippen LogP contribution >= 0.6 is 0 Å². The fourth-order valence-electron chi connectivity index (χ4n) is 1.03. The van der Waals surface area contributed by atoms with Gasteiger partial charge in [-0.15, -0.1) is 0 Å². The predicted octanol–water partition coefficient (Wildman–Crippen LogP) is 1.23. The topological polar surface area (TPSA) is 50.4 Å². The number of carbonyl (C=O) groups is 1. The van der Waals surface area contributed by atoms with Crippen molar-refractivity contribution < 1.29 is 13.9 Å². The van der Waals surface area contributed by atoms with Crippen LogP contribution in [0.3, 0.4) is 0 Å². The maximum Gasteiger partial charge on any atom is 0.316 e. The van der Waals surface area contributed by atoms with E-state index in [4.69, 9.17) is 0 Å². The molecule has 0 heterocycles. The SMILES string of the molecule is COCNC(=O)NCc1cccc(F)c1. The Labute approximate surface area is 87.4 Å². The van der Waals surface area contributed by atoms with Crippen molar-refractivity contribution in [2.45, 2.75) is 6.54 Å². The molecule has 0 aliphatic carbocycles. The van der Waals surface area contributed by atoms with Gasteiger partial charge >= 0.3 is 6.03 Å². The first-order valence-electron chi connectivity index (χ1n) is 4.47. The lowest BCUT2D eigenvalue weighted by Gasteiger charge is -2.06. The van der Waals surface area contributed by atoms with E-state index in [9.17, 15) is 9.18 Å². The molecule has 1 aromatic rings. The molecule has 0 spiro atoms. The molecule has 0 saturated carbocycles. The zero-order valence-electron chi connectivity index (χ0n) is 8.42. The average Bonchev–Trinajstić information content (AvgIpc) is 2.23. The second-order valence-corrected chi connectivity index (χ2v) is 2.92. The van der Waals surface area contributed by atoms with Crippen molar-refractivity contribution in [3.63, 3.8) is 0 Å². The number of rotatable bonds is 4. The highest BCUT2D eigenvalue weighted by Gasteiger charge is 1.99. The van der Waals surface area contributed by atoms with E-state index in [-0.39, 0.29) is 25.1 Å². The second kappa shape index (κ2) is 5.98. The van der Waals surface area contributed by atoms with Gasteiger partial charge in [-0.1, -0.05) is 12.1 Å². The summed E-state index contributed by atoms with van der Waals surface area (Å²) in [4.78, 5) is 11.1. The summed E-state index contributed by atoms with van der Waals surface area (Å²) in [6.45, 7) is 0.433. The number of carbonyl (C=O) groups excluding carboxylic acids is 1. The summed E-state index contributed by atoms with van der Waals surface area (Å²) in [5, 5.41) is 5.02. The van der Waals surface area contributed by atoms with Crippen molar-refractivity contribution in [1.29, 1.82) is 0 Å². The largest absolute Gasteiger partial charge is 0.364 e. The Balaban J connectivity index is 2.33. The molecule has 1 aromatic carbocycles. The lowest BCUT2D eigenvalue weighted by atomic mass is 10.2. The summed E-state index contributed by atoms with van der Waals surface area (Å²) in [5.41, 5.74) is 0.711. The summed E-state index contributed by atoms with van der Waals surface area (Å²) in [6, 6.07) is 5.71. The van der Waals surface area contributed by atoms with E-state index in [1.165, 1.54) is 19.2 Å². The number of urea groups is 1. The average molecular weight is 212 g/mol. The van der Waals surface area contributed by atoms with Gasteiger partial charge in [0.25, 0.3) is 0 Å². The monoisotopic (exact) mass is 212 g/mol. The molecule has 0 aliphatic heterocycles. The van der Waals surface area contributed by atoms with Gasteiger partial charge in [-0.25, -0.2) is 9.18 Å². The molecule has 15 heavy (non-hydrogen) atoms. The molecule has 5 heteroatoms. The molecule has 0 atom stereocenters. The molecule has 0 aromatic heterocycles. The third-order valence-electron chi connectivity index (χ3n) is 1.72. The lowest BCUT2D eigenvalue weighted by Crippen LogP contribution is -2.36. The Morgan fingerprint density at radius 3 is 2.93 bits per heavy atom. The molecule has 4 nitrogen and oxygen atoms in total. The molecule has 82 valence electrons. The molecule has 0 radical (unpaired) electrons. The van der Waals surface area contributed by atoms with Gasteiger partial charge in [0.2, 0.25) is 0 Å². The minimum Gasteiger partial charge on any atom is -0.364 e. The van der Waals surface area contributed by atoms with Gasteiger partial charge in [-0.05, 0) is 17.7 Å². The van der Waals surface area contributed by atoms with Gasteiger partial charge in [0.05, 0.1) is 0 Å². The van der Waals surface area contributed by atoms with E-state index in [1.54, 1.807) is 12.1 Å². The minimum atomic E-state index is -0.346. The first-order chi connectivity index (χ1) is 7.22. The van der Waals surface area contributed by atoms with E-state index in [2.05, 4.69) is 15.4 Å². The van der Waals surface area contributed by atoms with E-state index in [1.807, 2.05) is 0 Å². The van der Waals surface area contributed by atoms with E-state index in [0.717, 1.165) is 0 Å². The predicted molar refractivity (Wildman–Crippen MR) is 53.6 cm³/mol. The molecule has 2 N–H and O–H groups in total. The Kier molecular flexibility index (Phi) is 4.56. The number of amides is 2. The lowest BCUT2D eigenvalue weighted by molar-refractivity contribution is 0.172. The minimum absolute atomic E-state index is 0.148. The van der Waals surface area contributed by atoms with Crippen LogP contribution in [0.4, 0.5) is 9.18 Å². The number of ether oxygens (including phenoxy) is 1. The summed E-state index contributed by atoms with van der Waals surface area (Å²) in [6.07, 6.45) is 0. The zero-order valence-corrected chi connectivity index (χ0v) is 8.42. The number of hydrogen-bond acceptors (Lipinski definition) is 2. The van der Waals surface area contributed by atoms with Crippen molar-refractivity contribution >= 4 is 6.03 Å². The van der Waals surface area contributed by atoms with Crippen LogP contribution in [0.5, 0.6) is 0 Å². The fraction of sp³-hybridized carbons (Fsp3) is 0.300. The summed E-state index contributed by atoms with van der Waals surface area (Å²) < 4.78 is 17.4. The summed E-state index contributed by atoms with van der Waals surface area (Å²) in [5.74, 6) is -0.313. The number of benzene rings is 1. The van der Waals surface area contributed by atoms with Crippen LogP contribution in [0.1, 0.15) is 5.56 Å². The third kappa shape index (κ3) is 4.42. The molecule has 1 rings (SSSR count). The normalized spacial score (nSPS) is 9.73. The standard InChI is InChI=1S/C10H13FN2O2/c1-15-7-13-10(14)12-6-8-3-2-4-9(11)5-8/h2-5H,6-7H2,1H3,(H2,12,13,14). The molecule has 0 fully saturated rings. The zero-order chi connectivity index (χ0) is 11.1. The van der Waals surface area contributed by atoms with E-state index in [0.29, 0.717) is 5.56 Å². The number of nitrogens with one attached hydrogen (secondary N) is 2. The van der Waals surface area contributed by atoms with Crippen molar-refractivity contribution in [1.82, 2.24) is 10.6 Å². The summed E-state index contributed by atoms with van der Waals surface area (Å²) in [7, 11) is 1.48. The van der Waals surface area contributed by atoms with E-state index < -0.39 is 0 Å². The van der Waals surface area contributed by atoms with Gasteiger partial charge in [-0.3, -0.25) is 0 Å². The van der Waals surface area contributed by atoms with E-state index >= 15 is 0 Å². The Bertz CT molecular complexity index is 331. The van der Waals surface area contributed by atoms with Crippen molar-refractivity contribution in [2.24, 2.45) is 0 Å². The fourth-order valence-corrected chi connectivity index (χ4v) is 1.03. The second-order valence-electron chi connectivity index (χ2n) is 2.92. The van der Waals surface area contributed by atoms with Gasteiger partial charge in [0, 0.05) is 13.7 Å². The van der Waals surface area contributed by atoms with Crippen LogP contribution in [-0.2, 0) is 11.3 Å². The Morgan fingerprint density at radius 1 is 1.47 bits per heavy atom. The maximum atomic E-state index is 12.7. The van der Waals surface area contributed by atoms with Gasteiger partial charge < -0.3 is 15.4 Å². The quantitative estimate of drug-likeness (QED) is 0.737. The Hall–Kier alpha value is -1.62. The number of halogens is 1. The highest BCUT2D eigenvalue weighted by Crippen LogP contribution is 2.02. The maximum absolute atomic E-state index is 12.7. The first kappa shape index (κ1) is 11.5. The third-order valence-corrected chi connectivity index (χ3v) is 1.72. The van der Waals surface area contributed by atoms with Gasteiger partial charge in [0.15, 0.2) is 0 Å². The van der Waals surface area contributed by atoms with Crippen LogP contribution < -0.4 is 10.6 Å². The first-order valence-corrected chi connectivity index (χ1v) is 4.47. The highest BCUT2D eigenvalue weighted by atomic mass is 19.1. The van der Waals surface area contributed by atoms with Gasteiger partial charge in [0.1, 0.15) is 12.5 Å². The van der Waals surface area contributed by atoms with Crippen LogP contribution in [0, 0.1) is 5.82 Å². The number of methoxy groups -OCH3 is 1. The molecule has 2 amide bonds. The van der Waals surface area contributed by atoms with Crippen LogP contribution in [0.25, 0.3) is 0 Å². The smallest absolute Gasteiger partial charge is 0.316 e. The Morgan fingerprint density at radius 2 is 2.27 bits per heavy atom. The van der Waals surface area contributed by atoms with Crippen molar-refractivity contribution in [2.75, 3.05) is 13.8 Å². The molecule has 0 bridgehead atoms. The summed E-state index contributed by atoms with van der Waals surface area (Å²) >= 11 is 0. The molecular weight excluding hydrogens is 199 g/mol. The molecular formula is C10H13FN2O2. The molecule has 0 aliphatic rings.